The minimum Gasteiger partial charge on any atom is -0.228 e. The fourth-order valence-corrected chi connectivity index (χ4v) is 3.61. The Bertz CT molecular complexity index is 248. The van der Waals surface area contributed by atoms with Crippen molar-refractivity contribution in [2.75, 3.05) is 0 Å². The smallest absolute Gasteiger partial charge is 0.212 e. The predicted molar refractivity (Wildman–Crippen MR) is 53.8 cm³/mol. The maximum atomic E-state index is 11.3. The van der Waals surface area contributed by atoms with E-state index in [1.165, 1.54) is 0 Å². The molecule has 0 aromatic rings. The maximum absolute atomic E-state index is 11.3. The second-order valence-corrected chi connectivity index (χ2v) is 5.72. The molecule has 4 heteroatoms. The molecule has 1 aliphatic carbocycles. The van der Waals surface area contributed by atoms with Crippen molar-refractivity contribution in [2.24, 2.45) is 11.1 Å². The van der Waals surface area contributed by atoms with E-state index in [1.807, 2.05) is 6.92 Å². The highest BCUT2D eigenvalue weighted by molar-refractivity contribution is 7.89. The van der Waals surface area contributed by atoms with Gasteiger partial charge in [0.05, 0.1) is 5.25 Å². The Hall–Kier alpha value is -0.0900. The molecule has 3 nitrogen and oxygen atoms in total. The minimum absolute atomic E-state index is 0.278. The minimum atomic E-state index is -3.31. The van der Waals surface area contributed by atoms with Crippen LogP contribution in [0, 0.1) is 5.92 Å². The Balaban J connectivity index is 2.77. The fraction of sp³-hybridized carbons (Fsp3) is 1.00. The van der Waals surface area contributed by atoms with Gasteiger partial charge in [-0.2, -0.15) is 0 Å². The van der Waals surface area contributed by atoms with E-state index in [2.05, 4.69) is 0 Å². The van der Waals surface area contributed by atoms with Crippen LogP contribution in [0.5, 0.6) is 0 Å². The van der Waals surface area contributed by atoms with Crippen molar-refractivity contribution in [3.8, 4) is 0 Å². The molecule has 0 aromatic heterocycles. The van der Waals surface area contributed by atoms with E-state index >= 15 is 0 Å². The van der Waals surface area contributed by atoms with Crippen molar-refractivity contribution in [1.29, 1.82) is 0 Å². The number of sulfonamides is 1. The maximum Gasteiger partial charge on any atom is 0.212 e. The summed E-state index contributed by atoms with van der Waals surface area (Å²) in [5, 5.41) is 4.94. The summed E-state index contributed by atoms with van der Waals surface area (Å²) >= 11 is 0. The van der Waals surface area contributed by atoms with Crippen molar-refractivity contribution in [3.05, 3.63) is 0 Å². The highest BCUT2D eigenvalue weighted by atomic mass is 32.2. The molecule has 1 saturated carbocycles. The lowest BCUT2D eigenvalue weighted by molar-refractivity contribution is 0.436. The van der Waals surface area contributed by atoms with Crippen molar-refractivity contribution >= 4 is 10.0 Å². The molecule has 2 atom stereocenters. The van der Waals surface area contributed by atoms with E-state index in [0.717, 1.165) is 38.5 Å². The van der Waals surface area contributed by atoms with Crippen LogP contribution in [-0.2, 0) is 10.0 Å². The third-order valence-electron chi connectivity index (χ3n) is 3.04. The Labute approximate surface area is 80.8 Å². The van der Waals surface area contributed by atoms with Gasteiger partial charge in [0.2, 0.25) is 10.0 Å². The van der Waals surface area contributed by atoms with Gasteiger partial charge in [0.1, 0.15) is 0 Å². The quantitative estimate of drug-likeness (QED) is 0.697. The first-order chi connectivity index (χ1) is 6.05. The van der Waals surface area contributed by atoms with Crippen LogP contribution in [0.15, 0.2) is 0 Å². The molecule has 1 aliphatic rings. The first-order valence-electron chi connectivity index (χ1n) is 5.07. The van der Waals surface area contributed by atoms with Gasteiger partial charge in [0.15, 0.2) is 0 Å². The summed E-state index contributed by atoms with van der Waals surface area (Å²) in [5.74, 6) is 0.289. The zero-order valence-electron chi connectivity index (χ0n) is 8.20. The van der Waals surface area contributed by atoms with Gasteiger partial charge in [-0.25, -0.2) is 13.6 Å². The molecule has 0 aromatic carbocycles. The van der Waals surface area contributed by atoms with Crippen molar-refractivity contribution in [2.45, 2.75) is 50.7 Å². The standard InChI is InChI=1S/C9H19NO2S/c1-2-8-6-4-3-5-7-9(8)13(10,11)12/h8-9H,2-7H2,1H3,(H2,10,11,12). The third-order valence-corrected chi connectivity index (χ3v) is 4.50. The van der Waals surface area contributed by atoms with Gasteiger partial charge < -0.3 is 0 Å². The molecule has 0 radical (unpaired) electrons. The van der Waals surface area contributed by atoms with Crippen molar-refractivity contribution in [3.63, 3.8) is 0 Å². The average molecular weight is 205 g/mol. The first-order valence-corrected chi connectivity index (χ1v) is 6.68. The molecule has 13 heavy (non-hydrogen) atoms. The zero-order valence-corrected chi connectivity index (χ0v) is 9.02. The average Bonchev–Trinajstić information content (AvgIpc) is 2.26. The molecule has 78 valence electrons. The lowest BCUT2D eigenvalue weighted by atomic mass is 9.97. The van der Waals surface area contributed by atoms with Gasteiger partial charge in [-0.15, -0.1) is 0 Å². The molecule has 0 aliphatic heterocycles. The van der Waals surface area contributed by atoms with Crippen LogP contribution in [0.1, 0.15) is 45.4 Å². The van der Waals surface area contributed by atoms with Gasteiger partial charge >= 0.3 is 0 Å². The molecule has 1 fully saturated rings. The van der Waals surface area contributed by atoms with Gasteiger partial charge in [-0.05, 0) is 18.8 Å². The monoisotopic (exact) mass is 205 g/mol. The van der Waals surface area contributed by atoms with E-state index in [4.69, 9.17) is 5.14 Å². The molecule has 2 unspecified atom stereocenters. The molecular weight excluding hydrogens is 186 g/mol. The van der Waals surface area contributed by atoms with Crippen LogP contribution in [0.25, 0.3) is 0 Å². The number of nitrogens with two attached hydrogens (primary N) is 1. The Kier molecular flexibility index (Phi) is 3.74. The lowest BCUT2D eigenvalue weighted by Crippen LogP contribution is -2.34. The fourth-order valence-electron chi connectivity index (χ4n) is 2.25. The molecule has 0 heterocycles. The van der Waals surface area contributed by atoms with Gasteiger partial charge in [-0.3, -0.25) is 0 Å². The van der Waals surface area contributed by atoms with Crippen LogP contribution in [0.4, 0.5) is 0 Å². The third kappa shape index (κ3) is 2.95. The second kappa shape index (κ2) is 4.42. The SMILES string of the molecule is CCC1CCCCCC1S(N)(=O)=O. The van der Waals surface area contributed by atoms with Crippen molar-refractivity contribution in [1.82, 2.24) is 0 Å². The molecular formula is C9H19NO2S. The van der Waals surface area contributed by atoms with Crippen LogP contribution in [0.2, 0.25) is 0 Å². The number of hydrogen-bond acceptors (Lipinski definition) is 2. The van der Waals surface area contributed by atoms with Gasteiger partial charge in [0.25, 0.3) is 0 Å². The topological polar surface area (TPSA) is 60.2 Å². The summed E-state index contributed by atoms with van der Waals surface area (Å²) in [6, 6.07) is 0. The Morgan fingerprint density at radius 1 is 1.23 bits per heavy atom. The summed E-state index contributed by atoms with van der Waals surface area (Å²) < 4.78 is 22.6. The summed E-state index contributed by atoms with van der Waals surface area (Å²) in [5.41, 5.74) is 0. The lowest BCUT2D eigenvalue weighted by Gasteiger charge is -2.21. The summed E-state index contributed by atoms with van der Waals surface area (Å²) in [6.07, 6.45) is 6.04. The molecule has 0 amide bonds. The Morgan fingerprint density at radius 3 is 2.38 bits per heavy atom. The Morgan fingerprint density at radius 2 is 1.85 bits per heavy atom. The van der Waals surface area contributed by atoms with Crippen LogP contribution in [0.3, 0.4) is 0 Å². The zero-order chi connectivity index (χ0) is 9.90. The highest BCUT2D eigenvalue weighted by Gasteiger charge is 2.30. The molecule has 2 N–H and O–H groups in total. The normalized spacial score (nSPS) is 31.2. The summed E-state index contributed by atoms with van der Waals surface area (Å²) in [4.78, 5) is 0. The van der Waals surface area contributed by atoms with E-state index in [-0.39, 0.29) is 11.2 Å². The van der Waals surface area contributed by atoms with E-state index < -0.39 is 10.0 Å². The highest BCUT2D eigenvalue weighted by Crippen LogP contribution is 2.29. The summed E-state index contributed by atoms with van der Waals surface area (Å²) in [7, 11) is -3.31. The predicted octanol–water partition coefficient (Wildman–Crippen LogP) is 1.63. The number of rotatable bonds is 2. The van der Waals surface area contributed by atoms with Crippen LogP contribution in [-0.4, -0.2) is 13.7 Å². The van der Waals surface area contributed by atoms with Crippen molar-refractivity contribution < 1.29 is 8.42 Å². The molecule has 0 bridgehead atoms. The number of hydrogen-bond donors (Lipinski definition) is 1. The molecule has 1 rings (SSSR count). The second-order valence-electron chi connectivity index (χ2n) is 3.93. The van der Waals surface area contributed by atoms with E-state index in [9.17, 15) is 8.42 Å². The van der Waals surface area contributed by atoms with Crippen LogP contribution >= 0.6 is 0 Å². The first kappa shape index (κ1) is 11.0. The largest absolute Gasteiger partial charge is 0.228 e. The van der Waals surface area contributed by atoms with E-state index in [1.54, 1.807) is 0 Å². The van der Waals surface area contributed by atoms with Gasteiger partial charge in [-0.1, -0.05) is 32.6 Å². The van der Waals surface area contributed by atoms with E-state index in [0.29, 0.717) is 0 Å². The molecule has 0 saturated heterocycles. The van der Waals surface area contributed by atoms with Crippen LogP contribution < -0.4 is 5.14 Å². The summed E-state index contributed by atoms with van der Waals surface area (Å²) in [6.45, 7) is 2.05. The molecule has 0 spiro atoms. The van der Waals surface area contributed by atoms with Gasteiger partial charge in [0, 0.05) is 0 Å². The number of primary sulfonamides is 1.